The number of nitrogens with zero attached hydrogens (tertiary/aromatic N) is 3. The van der Waals surface area contributed by atoms with E-state index in [2.05, 4.69) is 10.4 Å². The number of amides is 1. The van der Waals surface area contributed by atoms with Gasteiger partial charge >= 0.3 is 11.8 Å². The molecular weight excluding hydrogens is 354 g/mol. The van der Waals surface area contributed by atoms with E-state index in [1.807, 2.05) is 0 Å². The second-order valence-corrected chi connectivity index (χ2v) is 7.13. The zero-order chi connectivity index (χ0) is 19.7. The summed E-state index contributed by atoms with van der Waals surface area (Å²) in [6, 6.07) is -1.50. The summed E-state index contributed by atoms with van der Waals surface area (Å²) in [4.78, 5) is 22.3. The first kappa shape index (κ1) is 20.0. The Morgan fingerprint density at radius 1 is 1.50 bits per heavy atom. The molecule has 0 radical (unpaired) electrons. The van der Waals surface area contributed by atoms with E-state index in [0.29, 0.717) is 0 Å². The molecule has 0 spiro atoms. The summed E-state index contributed by atoms with van der Waals surface area (Å²) in [5, 5.41) is 17.1. The smallest absolute Gasteiger partial charge is 0.408 e. The molecule has 2 atom stereocenters. The molecule has 1 N–H and O–H groups in total. The van der Waals surface area contributed by atoms with Gasteiger partial charge in [0, 0.05) is 7.05 Å². The van der Waals surface area contributed by atoms with Gasteiger partial charge in [0.15, 0.2) is 0 Å². The molecule has 11 heteroatoms. The van der Waals surface area contributed by atoms with Crippen LogP contribution in [0.4, 0.5) is 19.3 Å². The topological polar surface area (TPSA) is 109 Å². The molecular formula is C15H22F2N4O5. The Hall–Kier alpha value is -2.30. The highest BCUT2D eigenvalue weighted by molar-refractivity contribution is 5.68. The van der Waals surface area contributed by atoms with Gasteiger partial charge in [0.1, 0.15) is 30.2 Å². The van der Waals surface area contributed by atoms with Crippen molar-refractivity contribution in [2.75, 3.05) is 6.61 Å². The number of carbonyl (C=O) groups is 1. The third-order valence-electron chi connectivity index (χ3n) is 3.86. The highest BCUT2D eigenvalue weighted by Crippen LogP contribution is 2.37. The normalized spacial score (nSPS) is 23.2. The van der Waals surface area contributed by atoms with Crippen LogP contribution in [0.15, 0.2) is 6.20 Å². The van der Waals surface area contributed by atoms with E-state index in [1.54, 1.807) is 20.8 Å². The molecule has 1 saturated heterocycles. The van der Waals surface area contributed by atoms with Crippen molar-refractivity contribution in [1.29, 1.82) is 0 Å². The Bertz CT molecular complexity index is 686. The minimum Gasteiger partial charge on any atom is -0.444 e. The van der Waals surface area contributed by atoms with E-state index in [4.69, 9.17) is 9.47 Å². The third kappa shape index (κ3) is 4.65. The number of alkyl halides is 2. The quantitative estimate of drug-likeness (QED) is 0.642. The summed E-state index contributed by atoms with van der Waals surface area (Å²) in [6.45, 7) is 3.88. The van der Waals surface area contributed by atoms with E-state index >= 15 is 0 Å². The van der Waals surface area contributed by atoms with Gasteiger partial charge in [-0.2, -0.15) is 5.10 Å². The molecule has 0 unspecified atom stereocenters. The molecule has 1 aliphatic rings. The number of alkyl carbamates (subject to hydrolysis) is 1. The van der Waals surface area contributed by atoms with Crippen LogP contribution in [0.5, 0.6) is 0 Å². The molecule has 9 nitrogen and oxygen atoms in total. The standard InChI is InChI=1S/C15H22F2N4O5/c1-14(2,3)26-13(22)19-11-6-5-10(25-8-15(11,16)17)12-9(21(23)24)7-18-20(12)4/h7,10-11H,5-6,8H2,1-4H3,(H,19,22)/t10-,11+/m0/s1. The van der Waals surface area contributed by atoms with Crippen molar-refractivity contribution in [3.8, 4) is 0 Å². The summed E-state index contributed by atoms with van der Waals surface area (Å²) in [6.07, 6.45) is -0.917. The molecule has 1 aliphatic heterocycles. The highest BCUT2D eigenvalue weighted by atomic mass is 19.3. The number of hydrogen-bond acceptors (Lipinski definition) is 6. The van der Waals surface area contributed by atoms with Gasteiger partial charge in [0.2, 0.25) is 0 Å². The summed E-state index contributed by atoms with van der Waals surface area (Å²) in [5.41, 5.74) is -0.999. The van der Waals surface area contributed by atoms with E-state index in [9.17, 15) is 23.7 Å². The fourth-order valence-corrected chi connectivity index (χ4v) is 2.72. The number of rotatable bonds is 3. The molecule has 146 valence electrons. The lowest BCUT2D eigenvalue weighted by atomic mass is 10.0. The van der Waals surface area contributed by atoms with Crippen LogP contribution in [0.1, 0.15) is 45.4 Å². The number of aryl methyl sites for hydroxylation is 1. The predicted molar refractivity (Wildman–Crippen MR) is 85.9 cm³/mol. The molecule has 1 fully saturated rings. The van der Waals surface area contributed by atoms with E-state index < -0.39 is 41.3 Å². The monoisotopic (exact) mass is 376 g/mol. The highest BCUT2D eigenvalue weighted by Gasteiger charge is 2.45. The molecule has 26 heavy (non-hydrogen) atoms. The van der Waals surface area contributed by atoms with Crippen LogP contribution < -0.4 is 5.32 Å². The maximum absolute atomic E-state index is 14.3. The molecule has 1 amide bonds. The first-order valence-electron chi connectivity index (χ1n) is 8.06. The number of hydrogen-bond donors (Lipinski definition) is 1. The minimum atomic E-state index is -3.35. The summed E-state index contributed by atoms with van der Waals surface area (Å²) < 4.78 is 40.2. The van der Waals surface area contributed by atoms with Gasteiger partial charge in [-0.05, 0) is 33.6 Å². The van der Waals surface area contributed by atoms with Gasteiger partial charge in [-0.3, -0.25) is 14.8 Å². The van der Waals surface area contributed by atoms with Crippen molar-refractivity contribution >= 4 is 11.8 Å². The number of aromatic nitrogens is 2. The van der Waals surface area contributed by atoms with Gasteiger partial charge in [-0.25, -0.2) is 13.6 Å². The number of ether oxygens (including phenoxy) is 2. The molecule has 2 heterocycles. The predicted octanol–water partition coefficient (Wildman–Crippen LogP) is 2.71. The largest absolute Gasteiger partial charge is 0.444 e. The van der Waals surface area contributed by atoms with Crippen molar-refractivity contribution in [3.05, 3.63) is 22.0 Å². The van der Waals surface area contributed by atoms with Crippen molar-refractivity contribution in [2.45, 2.75) is 57.3 Å². The second-order valence-electron chi connectivity index (χ2n) is 7.13. The first-order valence-corrected chi connectivity index (χ1v) is 8.06. The van der Waals surface area contributed by atoms with E-state index in [1.165, 1.54) is 11.7 Å². The molecule has 1 aromatic heterocycles. The maximum atomic E-state index is 14.3. The SMILES string of the molecule is Cn1ncc([N+](=O)[O-])c1[C@@H]1CC[C@@H](NC(=O)OC(C)(C)C)C(F)(F)CO1. The molecule has 0 aromatic carbocycles. The van der Waals surface area contributed by atoms with Crippen LogP contribution >= 0.6 is 0 Å². The van der Waals surface area contributed by atoms with Gasteiger partial charge < -0.3 is 14.8 Å². The molecule has 2 rings (SSSR count). The Balaban J connectivity index is 2.15. The second kappa shape index (κ2) is 7.14. The Labute approximate surface area is 148 Å². The fourth-order valence-electron chi connectivity index (χ4n) is 2.72. The first-order chi connectivity index (χ1) is 11.9. The van der Waals surface area contributed by atoms with Crippen molar-refractivity contribution < 1.29 is 28.0 Å². The van der Waals surface area contributed by atoms with Crippen LogP contribution in [0.3, 0.4) is 0 Å². The number of nitrogens with one attached hydrogen (secondary N) is 1. The minimum absolute atomic E-state index is 0.0520. The van der Waals surface area contributed by atoms with Crippen molar-refractivity contribution in [3.63, 3.8) is 0 Å². The van der Waals surface area contributed by atoms with Crippen LogP contribution in [0.2, 0.25) is 0 Å². The molecule has 0 bridgehead atoms. The van der Waals surface area contributed by atoms with Crippen molar-refractivity contribution in [2.24, 2.45) is 7.05 Å². The van der Waals surface area contributed by atoms with E-state index in [0.717, 1.165) is 6.20 Å². The Morgan fingerprint density at radius 3 is 2.73 bits per heavy atom. The van der Waals surface area contributed by atoms with Crippen molar-refractivity contribution in [1.82, 2.24) is 15.1 Å². The Kier molecular flexibility index (Phi) is 5.49. The lowest BCUT2D eigenvalue weighted by Crippen LogP contribution is -2.50. The van der Waals surface area contributed by atoms with Crippen LogP contribution in [0.25, 0.3) is 0 Å². The van der Waals surface area contributed by atoms with Gasteiger partial charge in [0.25, 0.3) is 5.92 Å². The fraction of sp³-hybridized carbons (Fsp3) is 0.733. The molecule has 0 aliphatic carbocycles. The average molecular weight is 376 g/mol. The number of halogens is 2. The maximum Gasteiger partial charge on any atom is 0.408 e. The van der Waals surface area contributed by atoms with Crippen LogP contribution in [-0.2, 0) is 16.5 Å². The lowest BCUT2D eigenvalue weighted by molar-refractivity contribution is -0.386. The summed E-state index contributed by atoms with van der Waals surface area (Å²) in [7, 11) is 1.48. The molecule has 1 aromatic rings. The van der Waals surface area contributed by atoms with Crippen LogP contribution in [0, 0.1) is 10.1 Å². The van der Waals surface area contributed by atoms with Gasteiger partial charge in [-0.1, -0.05) is 0 Å². The number of carbonyl (C=O) groups excluding carboxylic acids is 1. The Morgan fingerprint density at radius 2 is 2.15 bits per heavy atom. The zero-order valence-corrected chi connectivity index (χ0v) is 15.0. The lowest BCUT2D eigenvalue weighted by Gasteiger charge is -2.27. The van der Waals surface area contributed by atoms with E-state index in [-0.39, 0.29) is 24.2 Å². The third-order valence-corrected chi connectivity index (χ3v) is 3.86. The zero-order valence-electron chi connectivity index (χ0n) is 15.0. The molecule has 0 saturated carbocycles. The summed E-state index contributed by atoms with van der Waals surface area (Å²) >= 11 is 0. The summed E-state index contributed by atoms with van der Waals surface area (Å²) in [5.74, 6) is -3.35. The van der Waals surface area contributed by atoms with Crippen LogP contribution in [-0.4, -0.2) is 45.0 Å². The van der Waals surface area contributed by atoms with Gasteiger partial charge in [-0.15, -0.1) is 0 Å². The number of nitro groups is 1. The van der Waals surface area contributed by atoms with Gasteiger partial charge in [0.05, 0.1) is 11.0 Å². The average Bonchev–Trinajstić information content (AvgIpc) is 2.79.